The highest BCUT2D eigenvalue weighted by atomic mass is 16.6. The van der Waals surface area contributed by atoms with E-state index in [9.17, 15) is 19.7 Å². The van der Waals surface area contributed by atoms with Gasteiger partial charge in [-0.1, -0.05) is 0 Å². The van der Waals surface area contributed by atoms with E-state index in [1.807, 2.05) is 0 Å². The first-order valence-electron chi connectivity index (χ1n) is 4.80. The van der Waals surface area contributed by atoms with Gasteiger partial charge in [0.25, 0.3) is 0 Å². The molecule has 2 heterocycles. The molecule has 0 aliphatic carbocycles. The molecule has 0 radical (unpaired) electrons. The highest BCUT2D eigenvalue weighted by molar-refractivity contribution is 5.69. The molecule has 92 valence electrons. The molecular weight excluding hydrogens is 242 g/mol. The van der Waals surface area contributed by atoms with Gasteiger partial charge >= 0.3 is 16.9 Å². The monoisotopic (exact) mass is 249 g/mol. The van der Waals surface area contributed by atoms with Gasteiger partial charge in [-0.2, -0.15) is 0 Å². The van der Waals surface area contributed by atoms with Crippen LogP contribution in [-0.2, 0) is 0 Å². The zero-order valence-electron chi connectivity index (χ0n) is 8.88. The molecule has 0 unspecified atom stereocenters. The molecule has 8 nitrogen and oxygen atoms in total. The summed E-state index contributed by atoms with van der Waals surface area (Å²) in [6.45, 7) is 0. The zero-order chi connectivity index (χ0) is 13.1. The fourth-order valence-electron chi connectivity index (χ4n) is 1.35. The molecule has 0 aromatic carbocycles. The zero-order valence-corrected chi connectivity index (χ0v) is 8.88. The average Bonchev–Trinajstić information content (AvgIpc) is 2.77. The van der Waals surface area contributed by atoms with Crippen molar-refractivity contribution in [1.82, 2.24) is 9.97 Å². The van der Waals surface area contributed by atoms with E-state index in [4.69, 9.17) is 4.42 Å². The third kappa shape index (κ3) is 2.26. The van der Waals surface area contributed by atoms with Crippen molar-refractivity contribution in [3.63, 3.8) is 0 Å². The van der Waals surface area contributed by atoms with E-state index >= 15 is 0 Å². The van der Waals surface area contributed by atoms with Crippen molar-refractivity contribution < 1.29 is 9.34 Å². The standard InChI is InChI=1S/C10H7N3O5/c14-9-8(13(16)17)7(11-10(15)12-9)4-3-6-2-1-5-18-6/h1-5H,(H2,11,12,14,15). The Balaban J connectivity index is 2.53. The van der Waals surface area contributed by atoms with Crippen molar-refractivity contribution in [1.29, 1.82) is 0 Å². The average molecular weight is 249 g/mol. The van der Waals surface area contributed by atoms with Gasteiger partial charge in [-0.25, -0.2) is 4.79 Å². The molecule has 8 heteroatoms. The number of aromatic nitrogens is 2. The van der Waals surface area contributed by atoms with Gasteiger partial charge < -0.3 is 9.40 Å². The Morgan fingerprint density at radius 1 is 1.28 bits per heavy atom. The molecule has 0 saturated carbocycles. The van der Waals surface area contributed by atoms with E-state index < -0.39 is 21.9 Å². The summed E-state index contributed by atoms with van der Waals surface area (Å²) in [4.78, 5) is 36.2. The van der Waals surface area contributed by atoms with E-state index in [0.29, 0.717) is 5.76 Å². The van der Waals surface area contributed by atoms with Crippen molar-refractivity contribution in [2.75, 3.05) is 0 Å². The lowest BCUT2D eigenvalue weighted by atomic mass is 10.3. The van der Waals surface area contributed by atoms with Gasteiger partial charge in [0.15, 0.2) is 0 Å². The number of aromatic amines is 2. The second-order valence-electron chi connectivity index (χ2n) is 3.28. The Kier molecular flexibility index (Phi) is 2.92. The van der Waals surface area contributed by atoms with Crippen LogP contribution in [0.25, 0.3) is 12.2 Å². The maximum atomic E-state index is 11.3. The molecule has 0 aliphatic heterocycles. The van der Waals surface area contributed by atoms with Crippen LogP contribution in [0.1, 0.15) is 11.5 Å². The predicted molar refractivity (Wildman–Crippen MR) is 62.0 cm³/mol. The minimum Gasteiger partial charge on any atom is -0.465 e. The number of rotatable bonds is 3. The maximum absolute atomic E-state index is 11.3. The van der Waals surface area contributed by atoms with Gasteiger partial charge in [-0.3, -0.25) is 19.9 Å². The molecule has 0 atom stereocenters. The van der Waals surface area contributed by atoms with E-state index in [1.54, 1.807) is 17.1 Å². The van der Waals surface area contributed by atoms with Gasteiger partial charge in [0.05, 0.1) is 11.2 Å². The summed E-state index contributed by atoms with van der Waals surface area (Å²) in [7, 11) is 0. The summed E-state index contributed by atoms with van der Waals surface area (Å²) in [6, 6.07) is 3.25. The summed E-state index contributed by atoms with van der Waals surface area (Å²) in [5, 5.41) is 10.7. The van der Waals surface area contributed by atoms with E-state index in [-0.39, 0.29) is 5.69 Å². The third-order valence-corrected chi connectivity index (χ3v) is 2.09. The number of H-pyrrole nitrogens is 2. The fraction of sp³-hybridized carbons (Fsp3) is 0. The molecule has 0 aliphatic rings. The highest BCUT2D eigenvalue weighted by Gasteiger charge is 2.18. The molecule has 0 spiro atoms. The first-order valence-corrected chi connectivity index (χ1v) is 4.80. The van der Waals surface area contributed by atoms with E-state index in [1.165, 1.54) is 18.4 Å². The molecule has 0 amide bonds. The quantitative estimate of drug-likeness (QED) is 0.613. The number of nitrogens with one attached hydrogen (secondary N) is 2. The molecule has 2 aromatic rings. The van der Waals surface area contributed by atoms with E-state index in [2.05, 4.69) is 4.98 Å². The number of furan rings is 1. The smallest absolute Gasteiger partial charge is 0.357 e. The SMILES string of the molecule is O=c1[nH]c(C=Cc2ccco2)c([N+](=O)[O-])c(=O)[nH]1. The predicted octanol–water partition coefficient (Wildman–Crippen LogP) is 0.735. The van der Waals surface area contributed by atoms with Crippen LogP contribution >= 0.6 is 0 Å². The first kappa shape index (κ1) is 11.6. The topological polar surface area (TPSA) is 122 Å². The van der Waals surface area contributed by atoms with Crippen LogP contribution in [0.4, 0.5) is 5.69 Å². The third-order valence-electron chi connectivity index (χ3n) is 2.09. The second-order valence-corrected chi connectivity index (χ2v) is 3.28. The van der Waals surface area contributed by atoms with Gasteiger partial charge in [0, 0.05) is 0 Å². The molecular formula is C10H7N3O5. The lowest BCUT2D eigenvalue weighted by Gasteiger charge is -1.95. The largest absolute Gasteiger partial charge is 0.465 e. The van der Waals surface area contributed by atoms with Crippen LogP contribution in [0, 0.1) is 10.1 Å². The lowest BCUT2D eigenvalue weighted by molar-refractivity contribution is -0.386. The number of nitrogens with zero attached hydrogens (tertiary/aromatic N) is 1. The van der Waals surface area contributed by atoms with Crippen molar-refractivity contribution in [2.45, 2.75) is 0 Å². The minimum absolute atomic E-state index is 0.190. The summed E-state index contributed by atoms with van der Waals surface area (Å²) < 4.78 is 4.98. The van der Waals surface area contributed by atoms with Crippen molar-refractivity contribution in [3.8, 4) is 0 Å². The minimum atomic E-state index is -1.05. The molecule has 0 fully saturated rings. The van der Waals surface area contributed by atoms with Crippen molar-refractivity contribution in [3.05, 3.63) is 60.8 Å². The van der Waals surface area contributed by atoms with Crippen molar-refractivity contribution in [2.24, 2.45) is 0 Å². The Morgan fingerprint density at radius 3 is 2.67 bits per heavy atom. The van der Waals surface area contributed by atoms with Crippen LogP contribution in [-0.4, -0.2) is 14.9 Å². The van der Waals surface area contributed by atoms with Crippen LogP contribution < -0.4 is 11.2 Å². The first-order chi connectivity index (χ1) is 8.58. The van der Waals surface area contributed by atoms with Gasteiger partial charge in [0.2, 0.25) is 0 Å². The van der Waals surface area contributed by atoms with Gasteiger partial charge in [-0.15, -0.1) is 0 Å². The fourth-order valence-corrected chi connectivity index (χ4v) is 1.35. The number of hydrogen-bond donors (Lipinski definition) is 2. The van der Waals surface area contributed by atoms with Crippen LogP contribution in [0.15, 0.2) is 32.4 Å². The number of hydrogen-bond acceptors (Lipinski definition) is 5. The number of nitro groups is 1. The Hall–Kier alpha value is -2.90. The summed E-state index contributed by atoms with van der Waals surface area (Å²) in [5.74, 6) is 0.436. The van der Waals surface area contributed by atoms with Crippen LogP contribution in [0.3, 0.4) is 0 Å². The van der Waals surface area contributed by atoms with E-state index in [0.717, 1.165) is 0 Å². The Labute approximate surface area is 98.7 Å². The Morgan fingerprint density at radius 2 is 2.06 bits per heavy atom. The summed E-state index contributed by atoms with van der Waals surface area (Å²) >= 11 is 0. The molecule has 2 N–H and O–H groups in total. The van der Waals surface area contributed by atoms with Crippen LogP contribution in [0.5, 0.6) is 0 Å². The normalized spacial score (nSPS) is 10.9. The molecule has 0 bridgehead atoms. The van der Waals surface area contributed by atoms with Crippen LogP contribution in [0.2, 0.25) is 0 Å². The Bertz CT molecular complexity index is 708. The van der Waals surface area contributed by atoms with Gasteiger partial charge in [-0.05, 0) is 24.3 Å². The van der Waals surface area contributed by atoms with Crippen molar-refractivity contribution >= 4 is 17.8 Å². The summed E-state index contributed by atoms with van der Waals surface area (Å²) in [5.41, 5.74) is -2.78. The second kappa shape index (κ2) is 4.53. The van der Waals surface area contributed by atoms with Gasteiger partial charge in [0.1, 0.15) is 11.5 Å². The molecule has 2 aromatic heterocycles. The molecule has 2 rings (SSSR count). The molecule has 18 heavy (non-hydrogen) atoms. The maximum Gasteiger partial charge on any atom is 0.357 e. The lowest BCUT2D eigenvalue weighted by Crippen LogP contribution is -2.25. The molecule has 0 saturated heterocycles. The highest BCUT2D eigenvalue weighted by Crippen LogP contribution is 2.12. The summed E-state index contributed by atoms with van der Waals surface area (Å²) in [6.07, 6.45) is 4.06.